The highest BCUT2D eigenvalue weighted by Gasteiger charge is 2.24. The molecule has 0 bridgehead atoms. The summed E-state index contributed by atoms with van der Waals surface area (Å²) in [6.07, 6.45) is 8.70. The van der Waals surface area contributed by atoms with Gasteiger partial charge in [-0.1, -0.05) is 40.0 Å². The van der Waals surface area contributed by atoms with Gasteiger partial charge >= 0.3 is 0 Å². The average Bonchev–Trinajstić information content (AvgIpc) is 2.91. The molecule has 0 aliphatic heterocycles. The second-order valence-corrected chi connectivity index (χ2v) is 6.26. The van der Waals surface area contributed by atoms with Gasteiger partial charge in [0.05, 0.1) is 12.4 Å². The molecule has 1 fully saturated rings. The quantitative estimate of drug-likeness (QED) is 0.809. The zero-order valence-corrected chi connectivity index (χ0v) is 13.2. The van der Waals surface area contributed by atoms with Crippen LogP contribution >= 0.6 is 0 Å². The Labute approximate surface area is 123 Å². The summed E-state index contributed by atoms with van der Waals surface area (Å²) in [5.41, 5.74) is 1.20. The van der Waals surface area contributed by atoms with E-state index in [4.69, 9.17) is 9.15 Å². The molecule has 3 nitrogen and oxygen atoms in total. The monoisotopic (exact) mass is 279 g/mol. The summed E-state index contributed by atoms with van der Waals surface area (Å²) in [5.74, 6) is 1.69. The zero-order chi connectivity index (χ0) is 14.4. The Bertz CT molecular complexity index is 386. The van der Waals surface area contributed by atoms with Gasteiger partial charge < -0.3 is 14.5 Å². The third kappa shape index (κ3) is 4.64. The highest BCUT2D eigenvalue weighted by Crippen LogP contribution is 2.29. The lowest BCUT2D eigenvalue weighted by Crippen LogP contribution is -2.27. The van der Waals surface area contributed by atoms with E-state index in [1.807, 2.05) is 6.26 Å². The fraction of sp³-hybridized carbons (Fsp3) is 0.765. The highest BCUT2D eigenvalue weighted by molar-refractivity contribution is 5.12. The van der Waals surface area contributed by atoms with Crippen molar-refractivity contribution in [2.75, 3.05) is 0 Å². The van der Waals surface area contributed by atoms with Crippen molar-refractivity contribution in [3.05, 3.63) is 23.7 Å². The van der Waals surface area contributed by atoms with E-state index in [1.54, 1.807) is 0 Å². The maximum atomic E-state index is 6.10. The van der Waals surface area contributed by atoms with Crippen molar-refractivity contribution in [1.82, 2.24) is 5.32 Å². The van der Waals surface area contributed by atoms with Gasteiger partial charge in [-0.2, -0.15) is 0 Å². The molecule has 0 aromatic carbocycles. The minimum absolute atomic E-state index is 0.427. The van der Waals surface area contributed by atoms with Crippen LogP contribution in [0, 0.1) is 5.92 Å². The number of hydrogen-bond donors (Lipinski definition) is 1. The molecule has 1 aliphatic rings. The molecule has 2 atom stereocenters. The van der Waals surface area contributed by atoms with E-state index >= 15 is 0 Å². The van der Waals surface area contributed by atoms with Gasteiger partial charge in [0.1, 0.15) is 12.4 Å². The van der Waals surface area contributed by atoms with Gasteiger partial charge in [0, 0.05) is 18.2 Å². The first-order chi connectivity index (χ1) is 9.69. The van der Waals surface area contributed by atoms with Crippen LogP contribution in [0.3, 0.4) is 0 Å². The van der Waals surface area contributed by atoms with Crippen molar-refractivity contribution in [1.29, 1.82) is 0 Å². The Morgan fingerprint density at radius 2 is 2.15 bits per heavy atom. The molecule has 0 saturated heterocycles. The second-order valence-electron chi connectivity index (χ2n) is 6.26. The third-order valence-electron chi connectivity index (χ3n) is 4.23. The summed E-state index contributed by atoms with van der Waals surface area (Å²) in [7, 11) is 0. The van der Waals surface area contributed by atoms with Gasteiger partial charge in [-0.25, -0.2) is 0 Å². The topological polar surface area (TPSA) is 34.4 Å². The zero-order valence-electron chi connectivity index (χ0n) is 13.2. The molecule has 1 aromatic rings. The molecule has 0 amide bonds. The highest BCUT2D eigenvalue weighted by atomic mass is 16.5. The van der Waals surface area contributed by atoms with Gasteiger partial charge in [0.2, 0.25) is 0 Å². The molecule has 114 valence electrons. The van der Waals surface area contributed by atoms with Crippen LogP contribution in [0.5, 0.6) is 0 Å². The Hall–Kier alpha value is -0.800. The first-order valence-electron chi connectivity index (χ1n) is 8.10. The van der Waals surface area contributed by atoms with Crippen LogP contribution in [0.4, 0.5) is 0 Å². The number of hydrogen-bond acceptors (Lipinski definition) is 3. The van der Waals surface area contributed by atoms with Crippen molar-refractivity contribution in [3.8, 4) is 0 Å². The minimum atomic E-state index is 0.427. The molecule has 20 heavy (non-hydrogen) atoms. The maximum absolute atomic E-state index is 6.10. The van der Waals surface area contributed by atoms with E-state index in [2.05, 4.69) is 32.2 Å². The van der Waals surface area contributed by atoms with Gasteiger partial charge in [-0.3, -0.25) is 0 Å². The molecule has 1 aromatic heterocycles. The number of ether oxygens (including phenoxy) is 1. The Morgan fingerprint density at radius 3 is 2.90 bits per heavy atom. The fourth-order valence-electron chi connectivity index (χ4n) is 2.97. The molecule has 1 N–H and O–H groups in total. The van der Waals surface area contributed by atoms with Gasteiger partial charge in [-0.05, 0) is 24.8 Å². The standard InChI is InChI=1S/C17H29NO2/c1-4-15-7-5-6-8-17(15)20-12-16-9-14(11-19-16)10-18-13(2)3/h9,11,13,15,17-18H,4-8,10,12H2,1-3H3. The molecule has 0 spiro atoms. The molecule has 3 heteroatoms. The second kappa shape index (κ2) is 7.84. The van der Waals surface area contributed by atoms with Crippen molar-refractivity contribution in [2.45, 2.75) is 78.2 Å². The van der Waals surface area contributed by atoms with Crippen LogP contribution in [-0.4, -0.2) is 12.1 Å². The lowest BCUT2D eigenvalue weighted by Gasteiger charge is -2.30. The fourth-order valence-corrected chi connectivity index (χ4v) is 2.97. The maximum Gasteiger partial charge on any atom is 0.129 e. The van der Waals surface area contributed by atoms with Gasteiger partial charge in [0.15, 0.2) is 0 Å². The van der Waals surface area contributed by atoms with E-state index in [9.17, 15) is 0 Å². The van der Waals surface area contributed by atoms with E-state index in [0.29, 0.717) is 18.8 Å². The van der Waals surface area contributed by atoms with E-state index in [1.165, 1.54) is 37.7 Å². The number of nitrogens with one attached hydrogen (secondary N) is 1. The van der Waals surface area contributed by atoms with Crippen molar-refractivity contribution in [2.24, 2.45) is 5.92 Å². The van der Waals surface area contributed by atoms with Crippen LogP contribution in [0.1, 0.15) is 64.2 Å². The van der Waals surface area contributed by atoms with Crippen LogP contribution in [0.25, 0.3) is 0 Å². The summed E-state index contributed by atoms with van der Waals surface area (Å²) in [4.78, 5) is 0. The normalized spacial score (nSPS) is 23.4. The number of rotatable bonds is 7. The molecule has 2 rings (SSSR count). The third-order valence-corrected chi connectivity index (χ3v) is 4.23. The Kier molecular flexibility index (Phi) is 6.11. The average molecular weight is 279 g/mol. The van der Waals surface area contributed by atoms with Crippen LogP contribution in [0.15, 0.2) is 16.7 Å². The van der Waals surface area contributed by atoms with Gasteiger partial charge in [0.25, 0.3) is 0 Å². The Balaban J connectivity index is 1.78. The van der Waals surface area contributed by atoms with Crippen molar-refractivity contribution in [3.63, 3.8) is 0 Å². The predicted molar refractivity (Wildman–Crippen MR) is 81.5 cm³/mol. The molecule has 2 unspecified atom stereocenters. The van der Waals surface area contributed by atoms with E-state index < -0.39 is 0 Å². The summed E-state index contributed by atoms with van der Waals surface area (Å²) >= 11 is 0. The lowest BCUT2D eigenvalue weighted by atomic mass is 9.85. The van der Waals surface area contributed by atoms with Crippen molar-refractivity contribution >= 4 is 0 Å². The van der Waals surface area contributed by atoms with Gasteiger partial charge in [-0.15, -0.1) is 0 Å². The summed E-state index contributed by atoms with van der Waals surface area (Å²) < 4.78 is 11.7. The van der Waals surface area contributed by atoms with Crippen LogP contribution < -0.4 is 5.32 Å². The summed E-state index contributed by atoms with van der Waals surface area (Å²) in [6, 6.07) is 2.61. The molecule has 1 saturated carbocycles. The molecule has 1 heterocycles. The summed E-state index contributed by atoms with van der Waals surface area (Å²) in [5, 5.41) is 3.40. The van der Waals surface area contributed by atoms with Crippen molar-refractivity contribution < 1.29 is 9.15 Å². The van der Waals surface area contributed by atoms with E-state index in [-0.39, 0.29) is 0 Å². The van der Waals surface area contributed by atoms with Crippen LogP contribution in [0.2, 0.25) is 0 Å². The SMILES string of the molecule is CCC1CCCCC1OCc1cc(CNC(C)C)co1. The molecule has 1 aliphatic carbocycles. The molecule has 0 radical (unpaired) electrons. The predicted octanol–water partition coefficient (Wildman–Crippen LogP) is 4.26. The minimum Gasteiger partial charge on any atom is -0.467 e. The smallest absolute Gasteiger partial charge is 0.129 e. The van der Waals surface area contributed by atoms with Crippen LogP contribution in [-0.2, 0) is 17.9 Å². The number of furan rings is 1. The molecular formula is C17H29NO2. The first kappa shape index (κ1) is 15.6. The molecular weight excluding hydrogens is 250 g/mol. The summed E-state index contributed by atoms with van der Waals surface area (Å²) in [6.45, 7) is 8.05. The van der Waals surface area contributed by atoms with E-state index in [0.717, 1.165) is 18.2 Å². The Morgan fingerprint density at radius 1 is 1.35 bits per heavy atom. The largest absolute Gasteiger partial charge is 0.467 e. The lowest BCUT2D eigenvalue weighted by molar-refractivity contribution is -0.0283. The first-order valence-corrected chi connectivity index (χ1v) is 8.10.